The lowest BCUT2D eigenvalue weighted by atomic mass is 10.2. The highest BCUT2D eigenvalue weighted by Gasteiger charge is 2.28. The van der Waals surface area contributed by atoms with Crippen LogP contribution in [0.25, 0.3) is 0 Å². The lowest BCUT2D eigenvalue weighted by molar-refractivity contribution is 0.0451. The standard InChI is InChI=1S/C9H18FNO2/c1-11-6-8(10)5-9(11)7-13-4-3-12-2/h8-9H,3-7H2,1-2H3. The van der Waals surface area contributed by atoms with Gasteiger partial charge in [0.15, 0.2) is 0 Å². The number of hydrogen-bond acceptors (Lipinski definition) is 3. The minimum Gasteiger partial charge on any atom is -0.382 e. The lowest BCUT2D eigenvalue weighted by Crippen LogP contribution is -2.29. The molecule has 0 N–H and O–H groups in total. The molecule has 0 spiro atoms. The Morgan fingerprint density at radius 2 is 2.23 bits per heavy atom. The fourth-order valence-electron chi connectivity index (χ4n) is 1.57. The van der Waals surface area contributed by atoms with Crippen molar-refractivity contribution >= 4 is 0 Å². The first kappa shape index (κ1) is 10.9. The van der Waals surface area contributed by atoms with Crippen LogP contribution in [-0.4, -0.2) is 57.6 Å². The molecule has 1 rings (SSSR count). The minimum absolute atomic E-state index is 0.242. The molecular formula is C9H18FNO2. The van der Waals surface area contributed by atoms with Gasteiger partial charge in [0, 0.05) is 19.7 Å². The van der Waals surface area contributed by atoms with Gasteiger partial charge < -0.3 is 9.47 Å². The number of alkyl halides is 1. The maximum Gasteiger partial charge on any atom is 0.114 e. The van der Waals surface area contributed by atoms with E-state index in [4.69, 9.17) is 9.47 Å². The van der Waals surface area contributed by atoms with Crippen LogP contribution in [0.15, 0.2) is 0 Å². The molecule has 0 saturated carbocycles. The molecule has 2 unspecified atom stereocenters. The molecule has 13 heavy (non-hydrogen) atoms. The summed E-state index contributed by atoms with van der Waals surface area (Å²) in [4.78, 5) is 2.01. The number of ether oxygens (including phenoxy) is 2. The van der Waals surface area contributed by atoms with E-state index in [1.54, 1.807) is 7.11 Å². The van der Waals surface area contributed by atoms with E-state index in [0.717, 1.165) is 0 Å². The molecule has 1 aliphatic heterocycles. The minimum atomic E-state index is -0.680. The molecule has 0 amide bonds. The Balaban J connectivity index is 2.07. The van der Waals surface area contributed by atoms with Crippen molar-refractivity contribution in [1.82, 2.24) is 4.90 Å². The largest absolute Gasteiger partial charge is 0.382 e. The lowest BCUT2D eigenvalue weighted by Gasteiger charge is -2.18. The molecule has 0 aromatic heterocycles. The van der Waals surface area contributed by atoms with E-state index < -0.39 is 6.17 Å². The molecule has 78 valence electrons. The predicted octanol–water partition coefficient (Wildman–Crippen LogP) is 0.692. The molecule has 1 saturated heterocycles. The van der Waals surface area contributed by atoms with Gasteiger partial charge in [-0.15, -0.1) is 0 Å². The topological polar surface area (TPSA) is 21.7 Å². The van der Waals surface area contributed by atoms with Crippen LogP contribution >= 0.6 is 0 Å². The first-order chi connectivity index (χ1) is 6.24. The van der Waals surface area contributed by atoms with E-state index in [2.05, 4.69) is 0 Å². The Bertz CT molecular complexity index is 146. The van der Waals surface area contributed by atoms with Crippen molar-refractivity contribution in [3.05, 3.63) is 0 Å². The van der Waals surface area contributed by atoms with Gasteiger partial charge in [-0.05, 0) is 13.5 Å². The van der Waals surface area contributed by atoms with Crippen LogP contribution in [0.3, 0.4) is 0 Å². The number of hydrogen-bond donors (Lipinski definition) is 0. The van der Waals surface area contributed by atoms with E-state index in [9.17, 15) is 4.39 Å². The first-order valence-corrected chi connectivity index (χ1v) is 4.65. The monoisotopic (exact) mass is 191 g/mol. The van der Waals surface area contributed by atoms with Gasteiger partial charge in [-0.1, -0.05) is 0 Å². The molecule has 1 heterocycles. The van der Waals surface area contributed by atoms with E-state index in [-0.39, 0.29) is 6.04 Å². The summed E-state index contributed by atoms with van der Waals surface area (Å²) in [5, 5.41) is 0. The molecule has 2 atom stereocenters. The van der Waals surface area contributed by atoms with Crippen LogP contribution in [-0.2, 0) is 9.47 Å². The maximum atomic E-state index is 12.9. The van der Waals surface area contributed by atoms with Gasteiger partial charge in [0.05, 0.1) is 19.8 Å². The molecule has 0 aromatic rings. The summed E-state index contributed by atoms with van der Waals surface area (Å²) >= 11 is 0. The van der Waals surface area contributed by atoms with Crippen molar-refractivity contribution < 1.29 is 13.9 Å². The Kier molecular flexibility index (Phi) is 4.62. The Hall–Kier alpha value is -0.190. The number of rotatable bonds is 5. The second-order valence-corrected chi connectivity index (χ2v) is 3.49. The van der Waals surface area contributed by atoms with Crippen molar-refractivity contribution in [3.63, 3.8) is 0 Å². The van der Waals surface area contributed by atoms with Gasteiger partial charge in [-0.3, -0.25) is 4.90 Å². The summed E-state index contributed by atoms with van der Waals surface area (Å²) in [5.41, 5.74) is 0. The summed E-state index contributed by atoms with van der Waals surface area (Å²) in [7, 11) is 3.58. The van der Waals surface area contributed by atoms with E-state index in [0.29, 0.717) is 32.8 Å². The second-order valence-electron chi connectivity index (χ2n) is 3.49. The van der Waals surface area contributed by atoms with Gasteiger partial charge in [-0.25, -0.2) is 4.39 Å². The van der Waals surface area contributed by atoms with Gasteiger partial charge in [0.2, 0.25) is 0 Å². The van der Waals surface area contributed by atoms with Gasteiger partial charge >= 0.3 is 0 Å². The van der Waals surface area contributed by atoms with Gasteiger partial charge in [0.1, 0.15) is 6.17 Å². The first-order valence-electron chi connectivity index (χ1n) is 4.65. The maximum absolute atomic E-state index is 12.9. The normalized spacial score (nSPS) is 29.8. The molecule has 3 nitrogen and oxygen atoms in total. The Labute approximate surface area is 78.8 Å². The molecule has 1 aliphatic rings. The van der Waals surface area contributed by atoms with Crippen LogP contribution in [0.5, 0.6) is 0 Å². The van der Waals surface area contributed by atoms with Crippen LogP contribution < -0.4 is 0 Å². The summed E-state index contributed by atoms with van der Waals surface area (Å²) in [5.74, 6) is 0. The fraction of sp³-hybridized carbons (Fsp3) is 1.00. The average molecular weight is 191 g/mol. The summed E-state index contributed by atoms with van der Waals surface area (Å²) in [6.45, 7) is 2.35. The average Bonchev–Trinajstić information content (AvgIpc) is 2.39. The highest BCUT2D eigenvalue weighted by Crippen LogP contribution is 2.18. The molecule has 4 heteroatoms. The molecule has 0 bridgehead atoms. The predicted molar refractivity (Wildman–Crippen MR) is 48.6 cm³/mol. The number of likely N-dealkylation sites (N-methyl/N-ethyl adjacent to an activating group) is 1. The smallest absolute Gasteiger partial charge is 0.114 e. The number of halogens is 1. The van der Waals surface area contributed by atoms with Crippen LogP contribution in [0.1, 0.15) is 6.42 Å². The van der Waals surface area contributed by atoms with E-state index >= 15 is 0 Å². The van der Waals surface area contributed by atoms with Crippen LogP contribution in [0, 0.1) is 0 Å². The number of likely N-dealkylation sites (tertiary alicyclic amines) is 1. The Morgan fingerprint density at radius 3 is 2.77 bits per heavy atom. The molecule has 1 fully saturated rings. The molecule has 0 radical (unpaired) electrons. The van der Waals surface area contributed by atoms with Crippen molar-refractivity contribution in [1.29, 1.82) is 0 Å². The zero-order valence-corrected chi connectivity index (χ0v) is 8.33. The number of methoxy groups -OCH3 is 1. The van der Waals surface area contributed by atoms with E-state index in [1.807, 2.05) is 11.9 Å². The zero-order valence-electron chi connectivity index (χ0n) is 8.33. The highest BCUT2D eigenvalue weighted by molar-refractivity contribution is 4.82. The van der Waals surface area contributed by atoms with Crippen molar-refractivity contribution in [2.75, 3.05) is 40.5 Å². The zero-order chi connectivity index (χ0) is 9.68. The summed E-state index contributed by atoms with van der Waals surface area (Å²) in [6.07, 6.45) is -0.0789. The third-order valence-electron chi connectivity index (χ3n) is 2.38. The van der Waals surface area contributed by atoms with Crippen molar-refractivity contribution in [3.8, 4) is 0 Å². The Morgan fingerprint density at radius 1 is 1.46 bits per heavy atom. The SMILES string of the molecule is COCCOCC1CC(F)CN1C. The molecular weight excluding hydrogens is 173 g/mol. The van der Waals surface area contributed by atoms with Gasteiger partial charge in [0.25, 0.3) is 0 Å². The number of nitrogens with zero attached hydrogens (tertiary/aromatic N) is 1. The third kappa shape index (κ3) is 3.58. The van der Waals surface area contributed by atoms with Crippen molar-refractivity contribution in [2.45, 2.75) is 18.6 Å². The molecule has 0 aliphatic carbocycles. The van der Waals surface area contributed by atoms with E-state index in [1.165, 1.54) is 0 Å². The summed E-state index contributed by atoms with van der Waals surface area (Å²) < 4.78 is 23.1. The van der Waals surface area contributed by atoms with Crippen LogP contribution in [0.4, 0.5) is 4.39 Å². The van der Waals surface area contributed by atoms with Gasteiger partial charge in [-0.2, -0.15) is 0 Å². The third-order valence-corrected chi connectivity index (χ3v) is 2.38. The fourth-order valence-corrected chi connectivity index (χ4v) is 1.57. The second kappa shape index (κ2) is 5.52. The summed E-state index contributed by atoms with van der Waals surface area (Å²) in [6, 6.07) is 0.242. The quantitative estimate of drug-likeness (QED) is 0.597. The van der Waals surface area contributed by atoms with Crippen LogP contribution in [0.2, 0.25) is 0 Å². The van der Waals surface area contributed by atoms with Crippen molar-refractivity contribution in [2.24, 2.45) is 0 Å². The highest BCUT2D eigenvalue weighted by atomic mass is 19.1. The molecule has 0 aromatic carbocycles.